The number of fused-ring (bicyclic) bond motifs is 2. The molecule has 0 unspecified atom stereocenters. The fourth-order valence-corrected chi connectivity index (χ4v) is 5.13. The van der Waals surface area contributed by atoms with Gasteiger partial charge in [0.2, 0.25) is 0 Å². The van der Waals surface area contributed by atoms with E-state index in [0.717, 1.165) is 28.7 Å². The Morgan fingerprint density at radius 3 is 3.00 bits per heavy atom. The normalized spacial score (nSPS) is 17.5. The third-order valence-corrected chi connectivity index (χ3v) is 5.86. The fraction of sp³-hybridized carbons (Fsp3) is 0.214. The second-order valence-electron chi connectivity index (χ2n) is 4.59. The number of hydrogen-bond acceptors (Lipinski definition) is 4. The third-order valence-electron chi connectivity index (χ3n) is 3.39. The van der Waals surface area contributed by atoms with Crippen LogP contribution in [0, 0.1) is 0 Å². The second-order valence-corrected chi connectivity index (χ2v) is 7.26. The highest BCUT2D eigenvalue weighted by molar-refractivity contribution is 8.93. The lowest BCUT2D eigenvalue weighted by atomic mass is 10.2. The SMILES string of the molecule is Br.CC1=C(c2cc3c(Cl)cccc3s2)N2CCN=C2S1. The van der Waals surface area contributed by atoms with Gasteiger partial charge in [-0.1, -0.05) is 29.4 Å². The Balaban J connectivity index is 0.00000121. The van der Waals surface area contributed by atoms with Crippen molar-refractivity contribution in [2.45, 2.75) is 6.92 Å². The highest BCUT2D eigenvalue weighted by Gasteiger charge is 2.31. The van der Waals surface area contributed by atoms with Crippen LogP contribution < -0.4 is 0 Å². The summed E-state index contributed by atoms with van der Waals surface area (Å²) in [4.78, 5) is 9.50. The largest absolute Gasteiger partial charge is 0.317 e. The zero-order valence-corrected chi connectivity index (χ0v) is 14.8. The molecule has 2 aromatic rings. The molecule has 0 saturated carbocycles. The molecule has 2 nitrogen and oxygen atoms in total. The van der Waals surface area contributed by atoms with Gasteiger partial charge in [0.1, 0.15) is 0 Å². The molecule has 104 valence electrons. The molecule has 0 spiro atoms. The first-order valence-electron chi connectivity index (χ1n) is 6.13. The van der Waals surface area contributed by atoms with Crippen LogP contribution in [0.5, 0.6) is 0 Å². The number of aliphatic imine (C=N–C) groups is 1. The van der Waals surface area contributed by atoms with Gasteiger partial charge in [0, 0.05) is 26.6 Å². The van der Waals surface area contributed by atoms with Crippen molar-refractivity contribution in [1.82, 2.24) is 4.90 Å². The number of allylic oxidation sites excluding steroid dienone is 1. The van der Waals surface area contributed by atoms with Crippen molar-refractivity contribution in [3.05, 3.63) is 39.1 Å². The number of nitrogens with zero attached hydrogens (tertiary/aromatic N) is 2. The highest BCUT2D eigenvalue weighted by atomic mass is 79.9. The van der Waals surface area contributed by atoms with Crippen LogP contribution in [0.4, 0.5) is 0 Å². The van der Waals surface area contributed by atoms with Gasteiger partial charge in [0.25, 0.3) is 0 Å². The minimum absolute atomic E-state index is 0. The summed E-state index contributed by atoms with van der Waals surface area (Å²) in [5.41, 5.74) is 1.32. The van der Waals surface area contributed by atoms with E-state index < -0.39 is 0 Å². The van der Waals surface area contributed by atoms with Gasteiger partial charge in [-0.2, -0.15) is 0 Å². The first-order valence-corrected chi connectivity index (χ1v) is 8.14. The molecule has 0 amide bonds. The van der Waals surface area contributed by atoms with Crippen molar-refractivity contribution in [2.75, 3.05) is 13.1 Å². The van der Waals surface area contributed by atoms with Crippen molar-refractivity contribution < 1.29 is 0 Å². The highest BCUT2D eigenvalue weighted by Crippen LogP contribution is 2.45. The molecule has 20 heavy (non-hydrogen) atoms. The quantitative estimate of drug-likeness (QED) is 0.665. The molecule has 0 bridgehead atoms. The predicted molar refractivity (Wildman–Crippen MR) is 96.4 cm³/mol. The van der Waals surface area contributed by atoms with Gasteiger partial charge >= 0.3 is 0 Å². The van der Waals surface area contributed by atoms with Crippen LogP contribution in [0.25, 0.3) is 15.8 Å². The smallest absolute Gasteiger partial charge is 0.168 e. The maximum absolute atomic E-state index is 6.27. The van der Waals surface area contributed by atoms with E-state index in [-0.39, 0.29) is 17.0 Å². The molecular formula is C14H12BrClN2S2. The topological polar surface area (TPSA) is 15.6 Å². The van der Waals surface area contributed by atoms with Gasteiger partial charge in [-0.15, -0.1) is 28.3 Å². The standard InChI is InChI=1S/C14H11ClN2S2.BrH/c1-8-13(17-6-5-16-14(17)18-8)12-7-9-10(15)3-2-4-11(9)19-12;/h2-4,7H,5-6H2,1H3;1H. The number of amidine groups is 1. The first kappa shape index (κ1) is 14.4. The van der Waals surface area contributed by atoms with Gasteiger partial charge < -0.3 is 4.90 Å². The Bertz CT molecular complexity index is 751. The molecule has 6 heteroatoms. The van der Waals surface area contributed by atoms with Crippen LogP contribution >= 0.6 is 51.7 Å². The average molecular weight is 388 g/mol. The molecule has 3 heterocycles. The molecule has 1 aromatic heterocycles. The van der Waals surface area contributed by atoms with Crippen LogP contribution in [-0.2, 0) is 0 Å². The number of thiophene rings is 1. The summed E-state index contributed by atoms with van der Waals surface area (Å²) in [7, 11) is 0. The zero-order valence-electron chi connectivity index (χ0n) is 10.7. The number of hydrogen-bond donors (Lipinski definition) is 0. The molecule has 0 fully saturated rings. The van der Waals surface area contributed by atoms with Crippen LogP contribution in [-0.4, -0.2) is 23.2 Å². The summed E-state index contributed by atoms with van der Waals surface area (Å²) in [5, 5.41) is 3.13. The Kier molecular flexibility index (Phi) is 3.88. The second kappa shape index (κ2) is 5.37. The van der Waals surface area contributed by atoms with Crippen LogP contribution in [0.2, 0.25) is 5.02 Å². The fourth-order valence-electron chi connectivity index (χ4n) is 2.55. The molecular weight excluding hydrogens is 376 g/mol. The first-order chi connectivity index (χ1) is 9.24. The van der Waals surface area contributed by atoms with Gasteiger partial charge in [0.05, 0.1) is 17.1 Å². The summed E-state index contributed by atoms with van der Waals surface area (Å²) in [6, 6.07) is 8.31. The maximum atomic E-state index is 6.27. The van der Waals surface area contributed by atoms with E-state index >= 15 is 0 Å². The lowest BCUT2D eigenvalue weighted by Crippen LogP contribution is -2.19. The molecule has 4 rings (SSSR count). The summed E-state index contributed by atoms with van der Waals surface area (Å²) < 4.78 is 1.25. The van der Waals surface area contributed by atoms with Gasteiger partial charge in [-0.25, -0.2) is 0 Å². The molecule has 0 aliphatic carbocycles. The average Bonchev–Trinajstić information content (AvgIpc) is 3.02. The number of rotatable bonds is 1. The number of halogens is 2. The summed E-state index contributed by atoms with van der Waals surface area (Å²) in [6.07, 6.45) is 0. The van der Waals surface area contributed by atoms with Crippen molar-refractivity contribution in [3.63, 3.8) is 0 Å². The van der Waals surface area contributed by atoms with Crippen LogP contribution in [0.15, 0.2) is 34.2 Å². The lowest BCUT2D eigenvalue weighted by molar-refractivity contribution is 0.649. The molecule has 0 N–H and O–H groups in total. The minimum atomic E-state index is 0. The van der Waals surface area contributed by atoms with Crippen molar-refractivity contribution >= 4 is 72.6 Å². The maximum Gasteiger partial charge on any atom is 0.168 e. The Morgan fingerprint density at radius 1 is 1.35 bits per heavy atom. The summed E-state index contributed by atoms with van der Waals surface area (Å²) in [5.74, 6) is 0. The van der Waals surface area contributed by atoms with Crippen molar-refractivity contribution in [1.29, 1.82) is 0 Å². The summed E-state index contributed by atoms with van der Waals surface area (Å²) >= 11 is 9.86. The molecule has 2 aliphatic rings. The van der Waals surface area contributed by atoms with E-state index in [2.05, 4.69) is 28.9 Å². The van der Waals surface area contributed by atoms with Gasteiger partial charge in [0.15, 0.2) is 5.17 Å². The van der Waals surface area contributed by atoms with Crippen LogP contribution in [0.3, 0.4) is 0 Å². The predicted octanol–water partition coefficient (Wildman–Crippen LogP) is 5.24. The Hall–Kier alpha value is -0.490. The monoisotopic (exact) mass is 386 g/mol. The van der Waals surface area contributed by atoms with E-state index in [1.54, 1.807) is 11.8 Å². The lowest BCUT2D eigenvalue weighted by Gasteiger charge is -2.15. The van der Waals surface area contributed by atoms with E-state index in [0.29, 0.717) is 0 Å². The van der Waals surface area contributed by atoms with Gasteiger partial charge in [-0.05, 0) is 25.1 Å². The van der Waals surface area contributed by atoms with Crippen molar-refractivity contribution in [3.8, 4) is 0 Å². The minimum Gasteiger partial charge on any atom is -0.317 e. The molecule has 0 radical (unpaired) electrons. The van der Waals surface area contributed by atoms with E-state index in [4.69, 9.17) is 11.6 Å². The third kappa shape index (κ3) is 2.11. The number of benzene rings is 1. The summed E-state index contributed by atoms with van der Waals surface area (Å²) in [6.45, 7) is 4.08. The molecule has 2 aliphatic heterocycles. The molecule has 1 aromatic carbocycles. The van der Waals surface area contributed by atoms with Gasteiger partial charge in [-0.3, -0.25) is 4.99 Å². The Morgan fingerprint density at radius 2 is 2.20 bits per heavy atom. The molecule has 0 atom stereocenters. The molecule has 0 saturated heterocycles. The zero-order chi connectivity index (χ0) is 13.0. The van der Waals surface area contributed by atoms with E-state index in [9.17, 15) is 0 Å². The van der Waals surface area contributed by atoms with E-state index in [1.165, 1.54) is 20.2 Å². The van der Waals surface area contributed by atoms with E-state index in [1.807, 2.05) is 23.5 Å². The number of thioether (sulfide) groups is 1. The van der Waals surface area contributed by atoms with Crippen LogP contribution in [0.1, 0.15) is 11.8 Å². The Labute approximate surface area is 141 Å². The van der Waals surface area contributed by atoms with Crippen molar-refractivity contribution in [2.24, 2.45) is 4.99 Å².